The summed E-state index contributed by atoms with van der Waals surface area (Å²) in [5, 5.41) is 3.10. The van der Waals surface area contributed by atoms with Crippen molar-refractivity contribution in [3.63, 3.8) is 0 Å². The first-order chi connectivity index (χ1) is 11.3. The number of hydrogen-bond donors (Lipinski definition) is 1. The van der Waals surface area contributed by atoms with E-state index in [4.69, 9.17) is 0 Å². The van der Waals surface area contributed by atoms with Crippen molar-refractivity contribution >= 4 is 27.7 Å². The number of carbonyl (C=O) groups is 2. The summed E-state index contributed by atoms with van der Waals surface area (Å²) in [4.78, 5) is 23.2. The van der Waals surface area contributed by atoms with Crippen LogP contribution in [-0.2, 0) is 16.1 Å². The first kappa shape index (κ1) is 20.3. The van der Waals surface area contributed by atoms with Crippen LogP contribution in [0.3, 0.4) is 0 Å². The van der Waals surface area contributed by atoms with E-state index in [9.17, 15) is 27.2 Å². The van der Waals surface area contributed by atoms with Crippen LogP contribution >= 0.6 is 15.9 Å². The smallest absolute Gasteiger partial charge is 0.330 e. The Kier molecular flexibility index (Phi) is 8.06. The Balaban J connectivity index is 3.28. The largest absolute Gasteiger partial charge is 0.463 e. The van der Waals surface area contributed by atoms with Crippen molar-refractivity contribution in [3.05, 3.63) is 46.5 Å². The monoisotopic (exact) mass is 411 g/mol. The van der Waals surface area contributed by atoms with Crippen molar-refractivity contribution < 1.29 is 31.9 Å². The van der Waals surface area contributed by atoms with Crippen LogP contribution in [0.1, 0.15) is 22.8 Å². The molecule has 0 aliphatic carbocycles. The van der Waals surface area contributed by atoms with Gasteiger partial charge in [0, 0.05) is 30.1 Å². The Hall–Kier alpha value is -1.74. The molecule has 0 saturated carbocycles. The second-order valence-corrected chi connectivity index (χ2v) is 5.22. The van der Waals surface area contributed by atoms with Crippen LogP contribution in [-0.4, -0.2) is 30.2 Å². The predicted molar refractivity (Wildman–Crippen MR) is 81.9 cm³/mol. The molecule has 0 aromatic heterocycles. The van der Waals surface area contributed by atoms with E-state index in [0.717, 1.165) is 0 Å². The van der Waals surface area contributed by atoms with Gasteiger partial charge in [-0.15, -0.1) is 0 Å². The molecule has 9 heteroatoms. The zero-order chi connectivity index (χ0) is 18.3. The van der Waals surface area contributed by atoms with Gasteiger partial charge >= 0.3 is 5.97 Å². The predicted octanol–water partition coefficient (Wildman–Crippen LogP) is 3.03. The topological polar surface area (TPSA) is 55.4 Å². The molecule has 1 N–H and O–H groups in total. The number of halogens is 5. The average molecular weight is 412 g/mol. The number of nitrogens with one attached hydrogen (secondary N) is 1. The van der Waals surface area contributed by atoms with Gasteiger partial charge in [0.25, 0.3) is 0 Å². The molecule has 0 heterocycles. The van der Waals surface area contributed by atoms with Crippen molar-refractivity contribution in [1.29, 1.82) is 0 Å². The molecule has 0 saturated heterocycles. The lowest BCUT2D eigenvalue weighted by atomic mass is 10.0. The van der Waals surface area contributed by atoms with Gasteiger partial charge in [-0.2, -0.15) is 0 Å². The number of rotatable bonds is 8. The first-order valence-electron chi connectivity index (χ1n) is 6.85. The summed E-state index contributed by atoms with van der Waals surface area (Å²) in [5.41, 5.74) is -1.64. The Labute approximate surface area is 144 Å². The van der Waals surface area contributed by atoms with Gasteiger partial charge in [0.15, 0.2) is 29.1 Å². The van der Waals surface area contributed by atoms with Crippen molar-refractivity contribution in [3.8, 4) is 0 Å². The summed E-state index contributed by atoms with van der Waals surface area (Å²) in [7, 11) is 0. The maximum atomic E-state index is 13.9. The Morgan fingerprint density at radius 3 is 2.29 bits per heavy atom. The number of allylic oxidation sites excluding steroid dienone is 1. The highest BCUT2D eigenvalue weighted by Gasteiger charge is 2.27. The Morgan fingerprint density at radius 1 is 1.08 bits per heavy atom. The quantitative estimate of drug-likeness (QED) is 0.104. The molecule has 0 radical (unpaired) electrons. The lowest BCUT2D eigenvalue weighted by Gasteiger charge is -2.12. The summed E-state index contributed by atoms with van der Waals surface area (Å²) >= 11 is 3.09. The van der Waals surface area contributed by atoms with E-state index in [1.807, 2.05) is 0 Å². The molecule has 0 unspecified atom stereocenters. The third-order valence-electron chi connectivity index (χ3n) is 2.84. The molecule has 0 aliphatic heterocycles. The summed E-state index contributed by atoms with van der Waals surface area (Å²) in [5.74, 6) is -9.65. The fourth-order valence-corrected chi connectivity index (χ4v) is 2.08. The normalized spacial score (nSPS) is 11.1. The standard InChI is InChI=1S/C15H14BrF4NO3/c1-2-24-10(23)4-3-9(22)11-8(7-21-6-5-16)12(17)14(19)15(20)13(11)18/h3-4,21H,2,5-7H2,1H3/b4-3+. The molecule has 0 bridgehead atoms. The fraction of sp³-hybridized carbons (Fsp3) is 0.333. The zero-order valence-corrected chi connectivity index (χ0v) is 14.2. The number of ketones is 1. The van der Waals surface area contributed by atoms with Crippen LogP contribution in [0.4, 0.5) is 17.6 Å². The lowest BCUT2D eigenvalue weighted by Crippen LogP contribution is -2.21. The van der Waals surface area contributed by atoms with E-state index in [1.54, 1.807) is 0 Å². The van der Waals surface area contributed by atoms with Crippen LogP contribution in [0.25, 0.3) is 0 Å². The fourth-order valence-electron chi connectivity index (χ4n) is 1.80. The second-order valence-electron chi connectivity index (χ2n) is 4.42. The van der Waals surface area contributed by atoms with Crippen LogP contribution in [0.15, 0.2) is 12.2 Å². The van der Waals surface area contributed by atoms with Gasteiger partial charge < -0.3 is 10.1 Å². The third kappa shape index (κ3) is 4.88. The van der Waals surface area contributed by atoms with Crippen molar-refractivity contribution in [1.82, 2.24) is 5.32 Å². The summed E-state index contributed by atoms with van der Waals surface area (Å²) in [6.07, 6.45) is 1.31. The van der Waals surface area contributed by atoms with Crippen molar-refractivity contribution in [2.24, 2.45) is 0 Å². The molecular formula is C15H14BrF4NO3. The average Bonchev–Trinajstić information content (AvgIpc) is 2.56. The number of ether oxygens (including phenoxy) is 1. The summed E-state index contributed by atoms with van der Waals surface area (Å²) < 4.78 is 59.2. The molecule has 132 valence electrons. The van der Waals surface area contributed by atoms with E-state index in [2.05, 4.69) is 26.0 Å². The molecule has 0 fully saturated rings. The minimum absolute atomic E-state index is 0.0489. The van der Waals surface area contributed by atoms with Gasteiger partial charge in [0.05, 0.1) is 12.2 Å². The molecule has 0 spiro atoms. The van der Waals surface area contributed by atoms with Gasteiger partial charge in [-0.3, -0.25) is 4.79 Å². The number of benzene rings is 1. The number of hydrogen-bond acceptors (Lipinski definition) is 4. The van der Waals surface area contributed by atoms with Crippen molar-refractivity contribution in [2.75, 3.05) is 18.5 Å². The number of carbonyl (C=O) groups excluding carboxylic acids is 2. The molecule has 1 aromatic rings. The SMILES string of the molecule is CCOC(=O)/C=C/C(=O)c1c(F)c(F)c(F)c(F)c1CNCCBr. The molecule has 1 rings (SSSR count). The molecule has 24 heavy (non-hydrogen) atoms. The zero-order valence-electron chi connectivity index (χ0n) is 12.6. The first-order valence-corrected chi connectivity index (χ1v) is 7.97. The van der Waals surface area contributed by atoms with E-state index < -0.39 is 52.7 Å². The molecule has 1 aromatic carbocycles. The molecule has 0 aliphatic rings. The third-order valence-corrected chi connectivity index (χ3v) is 3.24. The van der Waals surface area contributed by atoms with Gasteiger partial charge in [0.1, 0.15) is 0 Å². The van der Waals surface area contributed by atoms with Crippen LogP contribution in [0.2, 0.25) is 0 Å². The number of esters is 1. The van der Waals surface area contributed by atoms with Gasteiger partial charge in [-0.05, 0) is 13.0 Å². The summed E-state index contributed by atoms with van der Waals surface area (Å²) in [6, 6.07) is 0. The van der Waals surface area contributed by atoms with E-state index in [-0.39, 0.29) is 6.61 Å². The van der Waals surface area contributed by atoms with Gasteiger partial charge in [0.2, 0.25) is 0 Å². The minimum atomic E-state index is -2.09. The van der Waals surface area contributed by atoms with Crippen LogP contribution < -0.4 is 5.32 Å². The molecular weight excluding hydrogens is 398 g/mol. The second kappa shape index (κ2) is 9.53. The minimum Gasteiger partial charge on any atom is -0.463 e. The lowest BCUT2D eigenvalue weighted by molar-refractivity contribution is -0.137. The number of alkyl halides is 1. The van der Waals surface area contributed by atoms with E-state index in [0.29, 0.717) is 24.0 Å². The maximum Gasteiger partial charge on any atom is 0.330 e. The molecule has 0 atom stereocenters. The maximum absolute atomic E-state index is 13.9. The summed E-state index contributed by atoms with van der Waals surface area (Å²) in [6.45, 7) is 1.49. The van der Waals surface area contributed by atoms with E-state index in [1.165, 1.54) is 6.92 Å². The van der Waals surface area contributed by atoms with Gasteiger partial charge in [-0.25, -0.2) is 22.4 Å². The van der Waals surface area contributed by atoms with Crippen LogP contribution in [0.5, 0.6) is 0 Å². The van der Waals surface area contributed by atoms with Gasteiger partial charge in [-0.1, -0.05) is 15.9 Å². The highest BCUT2D eigenvalue weighted by Crippen LogP contribution is 2.25. The Morgan fingerprint density at radius 2 is 1.71 bits per heavy atom. The highest BCUT2D eigenvalue weighted by molar-refractivity contribution is 9.09. The van der Waals surface area contributed by atoms with Crippen LogP contribution in [0, 0.1) is 23.3 Å². The highest BCUT2D eigenvalue weighted by atomic mass is 79.9. The van der Waals surface area contributed by atoms with E-state index >= 15 is 0 Å². The Bertz CT molecular complexity index is 665. The molecule has 4 nitrogen and oxygen atoms in total. The molecule has 0 amide bonds. The van der Waals surface area contributed by atoms with Crippen molar-refractivity contribution in [2.45, 2.75) is 13.5 Å².